The number of fused-ring (bicyclic) bond motifs is 3. The number of rotatable bonds is 12. The molecule has 5 fully saturated rings. The van der Waals surface area contributed by atoms with E-state index in [1.54, 1.807) is 6.08 Å². The van der Waals surface area contributed by atoms with Crippen LogP contribution >= 0.6 is 0 Å². The molecule has 2 saturated heterocycles. The van der Waals surface area contributed by atoms with Gasteiger partial charge in [0.05, 0.1) is 38.2 Å². The molecule has 2 aromatic heterocycles. The predicted octanol–water partition coefficient (Wildman–Crippen LogP) is 6.35. The minimum absolute atomic E-state index is 0.0462. The summed E-state index contributed by atoms with van der Waals surface area (Å²) >= 11 is 0. The number of H-pyrrole nitrogens is 2. The summed E-state index contributed by atoms with van der Waals surface area (Å²) in [5, 5.41) is 5.38. The third kappa shape index (κ3) is 7.41. The van der Waals surface area contributed by atoms with Crippen LogP contribution in [0.5, 0.6) is 0 Å². The number of aromatic nitrogens is 4. The van der Waals surface area contributed by atoms with Gasteiger partial charge in [-0.05, 0) is 93.1 Å². The molecule has 2 aliphatic heterocycles. The summed E-state index contributed by atoms with van der Waals surface area (Å²) in [6.45, 7) is 8.81. The SMILES string of the molecule is C=CCC(NC(=O)OC)C(=O)N1CCCC1c1ncc(C23CCC(c4ccc(-c5cnc(C6CCCN6C(=O)C(NC(=O)OC)C(C)C)[nH]5)cc4)(CC2)CC3)[nH]1. The van der Waals surface area contributed by atoms with Gasteiger partial charge in [0.15, 0.2) is 0 Å². The molecule has 0 spiro atoms. The van der Waals surface area contributed by atoms with Gasteiger partial charge in [-0.1, -0.05) is 44.2 Å². The number of likely N-dealkylation sites (tertiary alicyclic amines) is 2. The zero-order valence-corrected chi connectivity index (χ0v) is 33.1. The number of methoxy groups -OCH3 is 2. The molecule has 5 aliphatic rings. The number of hydrogen-bond acceptors (Lipinski definition) is 8. The highest BCUT2D eigenvalue weighted by atomic mass is 16.5. The van der Waals surface area contributed by atoms with Crippen molar-refractivity contribution in [2.45, 2.75) is 119 Å². The lowest BCUT2D eigenvalue weighted by Gasteiger charge is -2.53. The highest BCUT2D eigenvalue weighted by Gasteiger charge is 2.51. The first-order valence-corrected chi connectivity index (χ1v) is 20.1. The molecule has 56 heavy (non-hydrogen) atoms. The van der Waals surface area contributed by atoms with Gasteiger partial charge in [0, 0.05) is 30.4 Å². The highest BCUT2D eigenvalue weighted by Crippen LogP contribution is 2.58. The van der Waals surface area contributed by atoms with Crippen molar-refractivity contribution in [3.05, 3.63) is 72.2 Å². The molecular formula is C42H56N8O6. The van der Waals surface area contributed by atoms with Gasteiger partial charge in [0.1, 0.15) is 23.7 Å². The highest BCUT2D eigenvalue weighted by molar-refractivity contribution is 5.87. The van der Waals surface area contributed by atoms with Crippen LogP contribution in [-0.4, -0.2) is 93.1 Å². The summed E-state index contributed by atoms with van der Waals surface area (Å²) in [7, 11) is 2.59. The van der Waals surface area contributed by atoms with E-state index in [4.69, 9.17) is 19.4 Å². The number of aromatic amines is 2. The molecule has 14 heteroatoms. The zero-order chi connectivity index (χ0) is 39.6. The van der Waals surface area contributed by atoms with Crippen LogP contribution in [0.1, 0.15) is 119 Å². The van der Waals surface area contributed by atoms with E-state index in [-0.39, 0.29) is 40.6 Å². The second-order valence-corrected chi connectivity index (χ2v) is 16.5. The van der Waals surface area contributed by atoms with E-state index in [0.717, 1.165) is 87.1 Å². The van der Waals surface area contributed by atoms with Crippen molar-refractivity contribution >= 4 is 24.0 Å². The summed E-state index contributed by atoms with van der Waals surface area (Å²) in [6, 6.07) is 7.16. The fraction of sp³-hybridized carbons (Fsp3) is 0.571. The first-order chi connectivity index (χ1) is 27.0. The topological polar surface area (TPSA) is 175 Å². The number of amides is 4. The van der Waals surface area contributed by atoms with Crippen molar-refractivity contribution in [1.29, 1.82) is 0 Å². The fourth-order valence-corrected chi connectivity index (χ4v) is 9.75. The third-order valence-electron chi connectivity index (χ3n) is 13.1. The second-order valence-electron chi connectivity index (χ2n) is 16.5. The quantitative estimate of drug-likeness (QED) is 0.154. The van der Waals surface area contributed by atoms with Crippen molar-refractivity contribution in [3.63, 3.8) is 0 Å². The van der Waals surface area contributed by atoms with E-state index in [9.17, 15) is 19.2 Å². The number of carbonyl (C=O) groups excluding carboxylic acids is 4. The maximum atomic E-state index is 13.6. The van der Waals surface area contributed by atoms with Gasteiger partial charge in [0.25, 0.3) is 0 Å². The molecule has 1 aromatic carbocycles. The molecule has 4 amide bonds. The van der Waals surface area contributed by atoms with Gasteiger partial charge in [-0.2, -0.15) is 0 Å². The van der Waals surface area contributed by atoms with Crippen molar-refractivity contribution in [2.75, 3.05) is 27.3 Å². The minimum Gasteiger partial charge on any atom is -0.453 e. The van der Waals surface area contributed by atoms with Gasteiger partial charge in [0.2, 0.25) is 11.8 Å². The summed E-state index contributed by atoms with van der Waals surface area (Å²) in [5.74, 6) is 1.21. The van der Waals surface area contributed by atoms with Crippen LogP contribution in [0.25, 0.3) is 11.3 Å². The summed E-state index contributed by atoms with van der Waals surface area (Å²) in [6.07, 6.45) is 14.4. The average Bonchev–Trinajstić information content (AvgIpc) is 4.07. The lowest BCUT2D eigenvalue weighted by atomic mass is 9.51. The van der Waals surface area contributed by atoms with E-state index < -0.39 is 24.3 Å². The first-order valence-electron chi connectivity index (χ1n) is 20.1. The molecule has 300 valence electrons. The van der Waals surface area contributed by atoms with Crippen molar-refractivity contribution in [3.8, 4) is 11.3 Å². The van der Waals surface area contributed by atoms with Crippen LogP contribution in [0, 0.1) is 5.92 Å². The number of alkyl carbamates (subject to hydrolysis) is 2. The maximum Gasteiger partial charge on any atom is 0.407 e. The van der Waals surface area contributed by atoms with Crippen LogP contribution in [0.3, 0.4) is 0 Å². The Bertz CT molecular complexity index is 1890. The Hall–Kier alpha value is -5.14. The Labute approximate surface area is 328 Å². The molecule has 2 bridgehead atoms. The predicted molar refractivity (Wildman–Crippen MR) is 209 cm³/mol. The maximum absolute atomic E-state index is 13.6. The number of nitrogens with one attached hydrogen (secondary N) is 4. The van der Waals surface area contributed by atoms with Crippen LogP contribution in [0.4, 0.5) is 9.59 Å². The molecule has 4 unspecified atom stereocenters. The Kier molecular flexibility index (Phi) is 11.3. The first kappa shape index (κ1) is 39.1. The molecule has 14 nitrogen and oxygen atoms in total. The molecule has 3 aromatic rings. The van der Waals surface area contributed by atoms with Gasteiger partial charge in [-0.3, -0.25) is 9.59 Å². The smallest absolute Gasteiger partial charge is 0.407 e. The number of hydrogen-bond donors (Lipinski definition) is 4. The zero-order valence-electron chi connectivity index (χ0n) is 33.1. The van der Waals surface area contributed by atoms with Crippen molar-refractivity contribution in [1.82, 2.24) is 40.4 Å². The van der Waals surface area contributed by atoms with E-state index in [2.05, 4.69) is 51.4 Å². The number of ether oxygens (including phenoxy) is 2. The molecule has 8 rings (SSSR count). The van der Waals surface area contributed by atoms with Gasteiger partial charge in [-0.25, -0.2) is 19.6 Å². The van der Waals surface area contributed by atoms with Crippen LogP contribution in [0.15, 0.2) is 49.3 Å². The minimum atomic E-state index is -0.730. The number of imidazole rings is 2. The van der Waals surface area contributed by atoms with Crippen molar-refractivity contribution in [2.24, 2.45) is 5.92 Å². The van der Waals surface area contributed by atoms with Gasteiger partial charge < -0.3 is 39.9 Å². The molecule has 4 heterocycles. The van der Waals surface area contributed by atoms with Gasteiger partial charge in [-0.15, -0.1) is 6.58 Å². The fourth-order valence-electron chi connectivity index (χ4n) is 9.75. The van der Waals surface area contributed by atoms with E-state index in [1.165, 1.54) is 25.5 Å². The van der Waals surface area contributed by atoms with Gasteiger partial charge >= 0.3 is 12.2 Å². The van der Waals surface area contributed by atoms with Crippen molar-refractivity contribution < 1.29 is 28.7 Å². The molecule has 4 N–H and O–H groups in total. The van der Waals surface area contributed by atoms with Crippen LogP contribution in [-0.2, 0) is 29.9 Å². The summed E-state index contributed by atoms with van der Waals surface area (Å²) in [5.41, 5.74) is 4.69. The lowest BCUT2D eigenvalue weighted by Crippen LogP contribution is -2.51. The Balaban J connectivity index is 0.992. The molecule has 3 aliphatic carbocycles. The molecule has 0 radical (unpaired) electrons. The standard InChI is InChI=1S/C42H56N8O6/c1-6-9-29(46-39(53)55-4)37(51)49-22-7-11-32(49)36-44-25-33(47-36)42-19-16-41(17-20-42,18-21-42)28-14-12-27(13-15-28)30-24-43-35(45-30)31-10-8-23-50(31)38(52)34(26(2)3)48-40(54)56-5/h6,12-15,24-26,29,31-32,34H,1,7-11,16-23H2,2-5H3,(H,43,45)(H,44,47)(H,46,53)(H,48,54). The van der Waals surface area contributed by atoms with E-state index in [1.807, 2.05) is 36.0 Å². The van der Waals surface area contributed by atoms with Crippen LogP contribution < -0.4 is 10.6 Å². The van der Waals surface area contributed by atoms with E-state index in [0.29, 0.717) is 19.5 Å². The lowest BCUT2D eigenvalue weighted by molar-refractivity contribution is -0.135. The molecule has 3 saturated carbocycles. The normalized spacial score (nSPS) is 25.5. The Morgan fingerprint density at radius 3 is 1.96 bits per heavy atom. The summed E-state index contributed by atoms with van der Waals surface area (Å²) in [4.78, 5) is 71.5. The largest absolute Gasteiger partial charge is 0.453 e. The average molecular weight is 769 g/mol. The Morgan fingerprint density at radius 1 is 0.821 bits per heavy atom. The Morgan fingerprint density at radius 2 is 1.38 bits per heavy atom. The van der Waals surface area contributed by atoms with E-state index >= 15 is 0 Å². The number of benzene rings is 1. The molecular weight excluding hydrogens is 713 g/mol. The molecule has 4 atom stereocenters. The third-order valence-corrected chi connectivity index (χ3v) is 13.1. The van der Waals surface area contributed by atoms with Crippen LogP contribution in [0.2, 0.25) is 0 Å². The monoisotopic (exact) mass is 768 g/mol. The second kappa shape index (κ2) is 16.1. The number of nitrogens with zero attached hydrogens (tertiary/aromatic N) is 4. The summed E-state index contributed by atoms with van der Waals surface area (Å²) < 4.78 is 9.53. The number of carbonyl (C=O) groups is 4.